The van der Waals surface area contributed by atoms with Crippen LogP contribution in [0.1, 0.15) is 61.8 Å². The Labute approximate surface area is 153 Å². The predicted molar refractivity (Wildman–Crippen MR) is 95.3 cm³/mol. The second kappa shape index (κ2) is 7.45. The van der Waals surface area contributed by atoms with Gasteiger partial charge >= 0.3 is 0 Å². The molecule has 0 spiro atoms. The number of nitrogens with zero attached hydrogens (tertiary/aromatic N) is 3. The van der Waals surface area contributed by atoms with Crippen LogP contribution in [0.15, 0.2) is 28.8 Å². The summed E-state index contributed by atoms with van der Waals surface area (Å²) in [7, 11) is 1.74. The topological polar surface area (TPSA) is 51.4 Å². The van der Waals surface area contributed by atoms with Crippen LogP contribution in [-0.4, -0.2) is 41.3 Å². The van der Waals surface area contributed by atoms with Crippen molar-refractivity contribution in [1.82, 2.24) is 15.0 Å². The number of methoxy groups -OCH3 is 1. The van der Waals surface area contributed by atoms with Crippen molar-refractivity contribution in [2.75, 3.05) is 20.3 Å². The van der Waals surface area contributed by atoms with Crippen molar-refractivity contribution in [3.63, 3.8) is 0 Å². The second-order valence-electron chi connectivity index (χ2n) is 7.71. The van der Waals surface area contributed by atoms with Crippen LogP contribution in [0.4, 0.5) is 4.39 Å². The number of rotatable bonds is 6. The molecule has 5 nitrogen and oxygen atoms in total. The number of aromatic nitrogens is 2. The van der Waals surface area contributed by atoms with Gasteiger partial charge in [0.15, 0.2) is 5.82 Å². The Balaban J connectivity index is 1.71. The molecule has 2 aromatic rings. The van der Waals surface area contributed by atoms with Crippen molar-refractivity contribution in [1.29, 1.82) is 0 Å². The lowest BCUT2D eigenvalue weighted by molar-refractivity contribution is 0.0201. The van der Waals surface area contributed by atoms with Gasteiger partial charge in [-0.05, 0) is 49.3 Å². The highest BCUT2D eigenvalue weighted by Crippen LogP contribution is 2.40. The van der Waals surface area contributed by atoms with Gasteiger partial charge in [0.1, 0.15) is 11.9 Å². The Morgan fingerprint density at radius 1 is 1.23 bits per heavy atom. The minimum Gasteiger partial charge on any atom is -0.383 e. The first-order valence-electron chi connectivity index (χ1n) is 9.49. The Hall–Kier alpha value is -1.79. The van der Waals surface area contributed by atoms with Gasteiger partial charge in [-0.1, -0.05) is 24.2 Å². The molecule has 1 saturated carbocycles. The number of hydrogen-bond acceptors (Lipinski definition) is 5. The molecule has 1 aliphatic carbocycles. The van der Waals surface area contributed by atoms with Gasteiger partial charge in [0.05, 0.1) is 6.61 Å². The standard InChI is InChI=1S/C20H26FN3O2/c1-13-3-10-17(12-25-2)24(11-13)18(14-6-8-16(21)9-7-14)20-22-19(23-26-20)15-4-5-15/h6-9,13,15,17-18H,3-5,10-12H2,1-2H3/t13-,17+,18?/m1/s1. The highest BCUT2D eigenvalue weighted by atomic mass is 19.1. The van der Waals surface area contributed by atoms with E-state index in [1.807, 2.05) is 12.1 Å². The molecule has 1 aromatic heterocycles. The Kier molecular flexibility index (Phi) is 5.05. The quantitative estimate of drug-likeness (QED) is 0.782. The molecule has 1 aliphatic heterocycles. The number of halogens is 1. The maximum atomic E-state index is 13.5. The zero-order chi connectivity index (χ0) is 18.1. The number of likely N-dealkylation sites (tertiary alicyclic amines) is 1. The van der Waals surface area contributed by atoms with Crippen LogP contribution >= 0.6 is 0 Å². The monoisotopic (exact) mass is 359 g/mol. The van der Waals surface area contributed by atoms with Crippen LogP contribution in [0.2, 0.25) is 0 Å². The molecular formula is C20H26FN3O2. The molecule has 6 heteroatoms. The first-order chi connectivity index (χ1) is 12.7. The van der Waals surface area contributed by atoms with Crippen molar-refractivity contribution in [3.8, 4) is 0 Å². The van der Waals surface area contributed by atoms with Gasteiger partial charge in [0, 0.05) is 25.6 Å². The van der Waals surface area contributed by atoms with Gasteiger partial charge in [-0.25, -0.2) is 4.39 Å². The smallest absolute Gasteiger partial charge is 0.248 e. The van der Waals surface area contributed by atoms with Gasteiger partial charge in [0.25, 0.3) is 0 Å². The third-order valence-electron chi connectivity index (χ3n) is 5.49. The molecule has 0 amide bonds. The fourth-order valence-corrected chi connectivity index (χ4v) is 3.92. The molecule has 1 saturated heterocycles. The SMILES string of the molecule is COC[C@@H]1CC[C@@H](C)CN1C(c1ccc(F)cc1)c1nc(C2CC2)no1. The lowest BCUT2D eigenvalue weighted by atomic mass is 9.91. The third-order valence-corrected chi connectivity index (χ3v) is 5.49. The molecule has 1 aromatic carbocycles. The Bertz CT molecular complexity index is 729. The van der Waals surface area contributed by atoms with E-state index in [4.69, 9.17) is 14.2 Å². The van der Waals surface area contributed by atoms with E-state index in [0.29, 0.717) is 24.3 Å². The van der Waals surface area contributed by atoms with E-state index in [-0.39, 0.29) is 17.9 Å². The Morgan fingerprint density at radius 3 is 2.69 bits per heavy atom. The molecule has 26 heavy (non-hydrogen) atoms. The number of benzene rings is 1. The van der Waals surface area contributed by atoms with E-state index in [9.17, 15) is 4.39 Å². The zero-order valence-corrected chi connectivity index (χ0v) is 15.4. The maximum Gasteiger partial charge on any atom is 0.248 e. The van der Waals surface area contributed by atoms with E-state index in [0.717, 1.165) is 37.2 Å². The highest BCUT2D eigenvalue weighted by molar-refractivity contribution is 5.25. The lowest BCUT2D eigenvalue weighted by Crippen LogP contribution is -2.47. The van der Waals surface area contributed by atoms with Crippen LogP contribution in [0.25, 0.3) is 0 Å². The summed E-state index contributed by atoms with van der Waals surface area (Å²) in [5.74, 6) is 2.19. The molecule has 140 valence electrons. The average molecular weight is 359 g/mol. The summed E-state index contributed by atoms with van der Waals surface area (Å²) < 4.78 is 24.7. The summed E-state index contributed by atoms with van der Waals surface area (Å²) in [6.45, 7) is 3.85. The zero-order valence-electron chi connectivity index (χ0n) is 15.4. The summed E-state index contributed by atoms with van der Waals surface area (Å²) in [6.07, 6.45) is 4.51. The van der Waals surface area contributed by atoms with Gasteiger partial charge in [-0.2, -0.15) is 4.98 Å². The van der Waals surface area contributed by atoms with E-state index >= 15 is 0 Å². The number of ether oxygens (including phenoxy) is 1. The molecule has 4 rings (SSSR count). The first-order valence-corrected chi connectivity index (χ1v) is 9.49. The van der Waals surface area contributed by atoms with Gasteiger partial charge in [-0.3, -0.25) is 4.90 Å². The average Bonchev–Trinajstić information content (AvgIpc) is 3.38. The fraction of sp³-hybridized carbons (Fsp3) is 0.600. The summed E-state index contributed by atoms with van der Waals surface area (Å²) in [4.78, 5) is 7.11. The fourth-order valence-electron chi connectivity index (χ4n) is 3.92. The molecule has 1 unspecified atom stereocenters. The largest absolute Gasteiger partial charge is 0.383 e. The number of piperidine rings is 1. The molecular weight excluding hydrogens is 333 g/mol. The minimum absolute atomic E-state index is 0.168. The predicted octanol–water partition coefficient (Wildman–Crippen LogP) is 3.92. The second-order valence-corrected chi connectivity index (χ2v) is 7.71. The molecule has 2 heterocycles. The minimum atomic E-state index is -0.239. The van der Waals surface area contributed by atoms with E-state index in [2.05, 4.69) is 17.0 Å². The molecule has 3 atom stereocenters. The van der Waals surface area contributed by atoms with Crippen LogP contribution in [0.5, 0.6) is 0 Å². The number of hydrogen-bond donors (Lipinski definition) is 0. The third kappa shape index (κ3) is 3.67. The summed E-state index contributed by atoms with van der Waals surface area (Å²) in [6, 6.07) is 6.76. The highest BCUT2D eigenvalue weighted by Gasteiger charge is 2.37. The van der Waals surface area contributed by atoms with Crippen LogP contribution in [-0.2, 0) is 4.74 Å². The normalized spacial score (nSPS) is 25.3. The molecule has 0 radical (unpaired) electrons. The molecule has 2 fully saturated rings. The van der Waals surface area contributed by atoms with E-state index in [1.54, 1.807) is 7.11 Å². The molecule has 0 N–H and O–H groups in total. The van der Waals surface area contributed by atoms with E-state index < -0.39 is 0 Å². The van der Waals surface area contributed by atoms with Crippen molar-refractivity contribution in [3.05, 3.63) is 47.4 Å². The van der Waals surface area contributed by atoms with Crippen LogP contribution in [0.3, 0.4) is 0 Å². The van der Waals surface area contributed by atoms with Gasteiger partial charge in [0.2, 0.25) is 5.89 Å². The molecule has 2 aliphatic rings. The van der Waals surface area contributed by atoms with Gasteiger partial charge in [-0.15, -0.1) is 0 Å². The van der Waals surface area contributed by atoms with Gasteiger partial charge < -0.3 is 9.26 Å². The van der Waals surface area contributed by atoms with Crippen LogP contribution in [0, 0.1) is 11.7 Å². The maximum absolute atomic E-state index is 13.5. The Morgan fingerprint density at radius 2 is 2.00 bits per heavy atom. The first kappa shape index (κ1) is 17.6. The van der Waals surface area contributed by atoms with Crippen molar-refractivity contribution >= 4 is 0 Å². The van der Waals surface area contributed by atoms with Crippen molar-refractivity contribution < 1.29 is 13.7 Å². The van der Waals surface area contributed by atoms with Crippen molar-refractivity contribution in [2.45, 2.75) is 50.6 Å². The van der Waals surface area contributed by atoms with Crippen LogP contribution < -0.4 is 0 Å². The van der Waals surface area contributed by atoms with E-state index in [1.165, 1.54) is 18.6 Å². The lowest BCUT2D eigenvalue weighted by Gasteiger charge is -2.42. The summed E-state index contributed by atoms with van der Waals surface area (Å²) >= 11 is 0. The molecule has 0 bridgehead atoms. The summed E-state index contributed by atoms with van der Waals surface area (Å²) in [5, 5.41) is 4.21. The van der Waals surface area contributed by atoms with Crippen molar-refractivity contribution in [2.24, 2.45) is 5.92 Å². The summed E-state index contributed by atoms with van der Waals surface area (Å²) in [5.41, 5.74) is 0.979.